The van der Waals surface area contributed by atoms with Crippen molar-refractivity contribution in [3.63, 3.8) is 0 Å². The number of anilines is 3. The van der Waals surface area contributed by atoms with E-state index in [4.69, 9.17) is 4.42 Å². The van der Waals surface area contributed by atoms with Gasteiger partial charge in [-0.05, 0) is 125 Å². The number of furan rings is 1. The minimum absolute atomic E-state index is 0.536. The highest BCUT2D eigenvalue weighted by molar-refractivity contribution is 6.29. The lowest BCUT2D eigenvalue weighted by Crippen LogP contribution is -2.28. The van der Waals surface area contributed by atoms with Crippen LogP contribution in [0, 0.1) is 0 Å². The van der Waals surface area contributed by atoms with Crippen LogP contribution in [0.15, 0.2) is 302 Å². The fourth-order valence-corrected chi connectivity index (χ4v) is 12.8. The summed E-state index contributed by atoms with van der Waals surface area (Å²) >= 11 is 0. The maximum atomic E-state index is 7.10. The molecule has 0 aliphatic heterocycles. The van der Waals surface area contributed by atoms with Crippen molar-refractivity contribution < 1.29 is 4.42 Å². The van der Waals surface area contributed by atoms with Gasteiger partial charge >= 0.3 is 0 Å². The highest BCUT2D eigenvalue weighted by Crippen LogP contribution is 2.60. The molecule has 0 saturated carbocycles. The van der Waals surface area contributed by atoms with Gasteiger partial charge in [0.1, 0.15) is 11.3 Å². The second-order valence-electron chi connectivity index (χ2n) is 20.2. The van der Waals surface area contributed by atoms with Crippen molar-refractivity contribution in [2.24, 2.45) is 0 Å². The lowest BCUT2D eigenvalue weighted by molar-refractivity contribution is 0.636. The zero-order valence-electron chi connectivity index (χ0n) is 42.1. The molecular formula is C75H49NO. The lowest BCUT2D eigenvalue weighted by Gasteiger charge is -2.34. The molecule has 2 heteroatoms. The number of rotatable bonds is 9. The van der Waals surface area contributed by atoms with Gasteiger partial charge in [-0.1, -0.05) is 255 Å². The fourth-order valence-electron chi connectivity index (χ4n) is 12.8. The molecule has 0 fully saturated rings. The van der Waals surface area contributed by atoms with E-state index in [2.05, 4.69) is 302 Å². The Morgan fingerprint density at radius 1 is 0.299 bits per heavy atom. The molecule has 0 spiro atoms. The predicted octanol–water partition coefficient (Wildman–Crippen LogP) is 20.4. The molecule has 360 valence electrons. The normalized spacial score (nSPS) is 12.5. The molecule has 0 N–H and O–H groups in total. The number of hydrogen-bond acceptors (Lipinski definition) is 2. The quantitative estimate of drug-likeness (QED) is 0.134. The van der Waals surface area contributed by atoms with E-state index in [0.29, 0.717) is 0 Å². The van der Waals surface area contributed by atoms with Crippen LogP contribution in [0.4, 0.5) is 17.1 Å². The van der Waals surface area contributed by atoms with Crippen molar-refractivity contribution in [2.45, 2.75) is 5.41 Å². The highest BCUT2D eigenvalue weighted by atomic mass is 16.3. The Morgan fingerprint density at radius 3 is 1.52 bits per heavy atom. The molecule has 1 aliphatic rings. The van der Waals surface area contributed by atoms with Crippen molar-refractivity contribution >= 4 is 60.3 Å². The van der Waals surface area contributed by atoms with Gasteiger partial charge in [-0.3, -0.25) is 0 Å². The van der Waals surface area contributed by atoms with Crippen LogP contribution < -0.4 is 4.90 Å². The van der Waals surface area contributed by atoms with Gasteiger partial charge in [0.15, 0.2) is 0 Å². The van der Waals surface area contributed by atoms with Crippen LogP contribution in [0.5, 0.6) is 0 Å². The Morgan fingerprint density at radius 2 is 0.818 bits per heavy atom. The number of hydrogen-bond donors (Lipinski definition) is 0. The van der Waals surface area contributed by atoms with E-state index in [1.165, 1.54) is 66.1 Å². The van der Waals surface area contributed by atoms with Crippen LogP contribution in [-0.2, 0) is 5.41 Å². The zero-order valence-corrected chi connectivity index (χ0v) is 42.1. The molecule has 13 aromatic carbocycles. The highest BCUT2D eigenvalue weighted by Gasteiger charge is 2.47. The Labute approximate surface area is 448 Å². The first kappa shape index (κ1) is 44.5. The topological polar surface area (TPSA) is 16.4 Å². The monoisotopic (exact) mass is 979 g/mol. The molecule has 1 aromatic heterocycles. The summed E-state index contributed by atoms with van der Waals surface area (Å²) in [5.41, 5.74) is 19.1. The Hall–Kier alpha value is -10.0. The van der Waals surface area contributed by atoms with Gasteiger partial charge in [-0.2, -0.15) is 0 Å². The van der Waals surface area contributed by atoms with Crippen molar-refractivity contribution in [3.8, 4) is 55.8 Å². The second-order valence-corrected chi connectivity index (χ2v) is 20.2. The van der Waals surface area contributed by atoms with Crippen molar-refractivity contribution in [2.75, 3.05) is 4.90 Å². The minimum Gasteiger partial charge on any atom is -0.455 e. The molecule has 15 rings (SSSR count). The standard InChI is InChI=1S/C75H49NO/c1-5-22-53(23-6-1)70-72-63-33-16-15-32-62(63)66-49-55(43-48-64(66)74(72)77-73(70)54-24-7-2-8-25-54)50-39-44-58(45-40-50)76(59-46-41-52(42-47-59)61-35-19-26-51-21-13-14-31-60(51)61)69-38-20-37-68-71(69)65-34-17-18-36-67(65)75(68,56-27-9-3-10-28-56)57-29-11-4-12-30-57/h1-49H. The number of fused-ring (bicyclic) bond motifs is 10. The van der Waals surface area contributed by atoms with Crippen molar-refractivity contribution in [1.82, 2.24) is 0 Å². The van der Waals surface area contributed by atoms with E-state index in [1.54, 1.807) is 0 Å². The third kappa shape index (κ3) is 7.03. The summed E-state index contributed by atoms with van der Waals surface area (Å²) in [4.78, 5) is 2.47. The lowest BCUT2D eigenvalue weighted by atomic mass is 9.68. The molecule has 77 heavy (non-hydrogen) atoms. The summed E-state index contributed by atoms with van der Waals surface area (Å²) in [6.07, 6.45) is 0. The Bertz CT molecular complexity index is 4480. The molecule has 1 aliphatic carbocycles. The summed E-state index contributed by atoms with van der Waals surface area (Å²) in [6.45, 7) is 0. The van der Waals surface area contributed by atoms with E-state index < -0.39 is 5.41 Å². The summed E-state index contributed by atoms with van der Waals surface area (Å²) in [6, 6.07) is 109. The second kappa shape index (κ2) is 18.1. The van der Waals surface area contributed by atoms with E-state index in [0.717, 1.165) is 72.4 Å². The SMILES string of the molecule is c1ccc(-c2oc3c4ccc(-c5ccc(N(c6ccc(-c7cccc8ccccc78)cc6)c6cccc7c6-c6ccccc6C7(c6ccccc6)c6ccccc6)cc5)cc4c4ccccc4c3c2-c2ccccc2)cc1. The summed E-state index contributed by atoms with van der Waals surface area (Å²) in [5, 5.41) is 8.25. The molecule has 0 radical (unpaired) electrons. The first-order valence-electron chi connectivity index (χ1n) is 26.6. The molecule has 0 atom stereocenters. The van der Waals surface area contributed by atoms with Gasteiger partial charge < -0.3 is 9.32 Å². The van der Waals surface area contributed by atoms with Crippen LogP contribution in [-0.4, -0.2) is 0 Å². The molecule has 0 saturated heterocycles. The van der Waals surface area contributed by atoms with Crippen molar-refractivity contribution in [3.05, 3.63) is 320 Å². The van der Waals surface area contributed by atoms with Crippen LogP contribution in [0.1, 0.15) is 22.3 Å². The van der Waals surface area contributed by atoms with Gasteiger partial charge in [-0.15, -0.1) is 0 Å². The first-order valence-corrected chi connectivity index (χ1v) is 26.6. The van der Waals surface area contributed by atoms with Crippen LogP contribution in [0.2, 0.25) is 0 Å². The average molecular weight is 980 g/mol. The maximum absolute atomic E-state index is 7.10. The van der Waals surface area contributed by atoms with Gasteiger partial charge in [0, 0.05) is 38.8 Å². The van der Waals surface area contributed by atoms with E-state index in [1.807, 2.05) is 0 Å². The third-order valence-corrected chi connectivity index (χ3v) is 16.1. The molecule has 0 bridgehead atoms. The number of nitrogens with zero attached hydrogens (tertiary/aromatic N) is 1. The summed E-state index contributed by atoms with van der Waals surface area (Å²) in [5.74, 6) is 0.884. The van der Waals surface area contributed by atoms with Crippen LogP contribution in [0.25, 0.3) is 99.1 Å². The minimum atomic E-state index is -0.536. The van der Waals surface area contributed by atoms with Gasteiger partial charge in [0.2, 0.25) is 0 Å². The predicted molar refractivity (Wildman–Crippen MR) is 322 cm³/mol. The molecule has 0 amide bonds. The van der Waals surface area contributed by atoms with E-state index in [-0.39, 0.29) is 0 Å². The average Bonchev–Trinajstić information content (AvgIpc) is 4.22. The van der Waals surface area contributed by atoms with Crippen LogP contribution >= 0.6 is 0 Å². The molecule has 1 heterocycles. The Kier molecular flexibility index (Phi) is 10.5. The van der Waals surface area contributed by atoms with E-state index in [9.17, 15) is 0 Å². The largest absolute Gasteiger partial charge is 0.455 e. The van der Waals surface area contributed by atoms with Crippen LogP contribution in [0.3, 0.4) is 0 Å². The van der Waals surface area contributed by atoms with Gasteiger partial charge in [0.05, 0.1) is 11.1 Å². The third-order valence-electron chi connectivity index (χ3n) is 16.1. The van der Waals surface area contributed by atoms with Crippen molar-refractivity contribution in [1.29, 1.82) is 0 Å². The number of benzene rings is 13. The fraction of sp³-hybridized carbons (Fsp3) is 0.0133. The Balaban J connectivity index is 0.907. The molecule has 0 unspecified atom stereocenters. The summed E-state index contributed by atoms with van der Waals surface area (Å²) < 4.78 is 7.10. The summed E-state index contributed by atoms with van der Waals surface area (Å²) in [7, 11) is 0. The van der Waals surface area contributed by atoms with Gasteiger partial charge in [0.25, 0.3) is 0 Å². The van der Waals surface area contributed by atoms with Gasteiger partial charge in [-0.25, -0.2) is 0 Å². The molecule has 14 aromatic rings. The first-order chi connectivity index (χ1) is 38.2. The molecular weight excluding hydrogens is 931 g/mol. The smallest absolute Gasteiger partial charge is 0.143 e. The zero-order chi connectivity index (χ0) is 50.9. The molecule has 2 nitrogen and oxygen atoms in total. The van der Waals surface area contributed by atoms with E-state index >= 15 is 0 Å². The maximum Gasteiger partial charge on any atom is 0.143 e.